The number of benzene rings is 2. The Morgan fingerprint density at radius 1 is 0.951 bits per heavy atom. The van der Waals surface area contributed by atoms with Crippen molar-refractivity contribution in [3.8, 4) is 34.4 Å². The SMILES string of the molecule is [C-]#[N+]c1c(N)nc(SCc2coc(-c3ccc(Cl)cc3)n2)c(C#N)c1-c1ccc(OC[C@@H](COC(=O)[C@@H](CC(=O)CCN)C(C)C)OC(=O)[C@@H](NC(=O)CCN)C(C)C)cc1. The first-order valence-corrected chi connectivity index (χ1v) is 20.8. The van der Waals surface area contributed by atoms with Crippen molar-refractivity contribution in [2.75, 3.05) is 32.0 Å². The molecular formula is C43H49ClN8O8S. The molecule has 2 aromatic heterocycles. The molecule has 0 spiro atoms. The summed E-state index contributed by atoms with van der Waals surface area (Å²) >= 11 is 7.21. The number of aromatic nitrogens is 2. The number of oxazole rings is 1. The number of carbonyl (C=O) groups is 4. The lowest BCUT2D eigenvalue weighted by Gasteiger charge is -2.26. The van der Waals surface area contributed by atoms with E-state index < -0.39 is 42.5 Å². The topological polar surface area (TPSA) is 253 Å². The molecule has 0 saturated heterocycles. The zero-order chi connectivity index (χ0) is 44.6. The molecule has 0 unspecified atom stereocenters. The summed E-state index contributed by atoms with van der Waals surface area (Å²) in [5.74, 6) is -2.44. The van der Waals surface area contributed by atoms with Crippen LogP contribution in [0.1, 0.15) is 58.2 Å². The Bertz CT molecular complexity index is 2240. The van der Waals surface area contributed by atoms with Crippen LogP contribution in [0.3, 0.4) is 0 Å². The quantitative estimate of drug-likeness (QED) is 0.0386. The zero-order valence-electron chi connectivity index (χ0n) is 34.3. The van der Waals surface area contributed by atoms with Gasteiger partial charge in [-0.2, -0.15) is 5.26 Å². The Morgan fingerprint density at radius 2 is 1.62 bits per heavy atom. The van der Waals surface area contributed by atoms with Crippen molar-refractivity contribution in [2.45, 2.75) is 69.9 Å². The third kappa shape index (κ3) is 13.5. The van der Waals surface area contributed by atoms with Crippen LogP contribution in [-0.4, -0.2) is 72.0 Å². The van der Waals surface area contributed by atoms with Gasteiger partial charge < -0.3 is 41.1 Å². The second kappa shape index (κ2) is 23.1. The van der Waals surface area contributed by atoms with Gasteiger partial charge in [0, 0.05) is 47.7 Å². The number of ketones is 1. The van der Waals surface area contributed by atoms with Crippen molar-refractivity contribution in [3.05, 3.63) is 82.5 Å². The summed E-state index contributed by atoms with van der Waals surface area (Å²) in [6, 6.07) is 14.6. The standard InChI is InChI=1S/C43H49ClN8O8S/c1-24(2)33(18-30(53)14-16-45)42(55)59-22-32(60-43(56)37(25(3)4)51-35(54)15-17-46)21-57-31-12-8-26(9-13-31)36-34(19-47)41(52-39(48)38(36)49-5)61-23-29-20-58-40(50-29)27-6-10-28(44)11-7-27/h6-13,20,24-25,32-33,37H,14-18,21-23,45-46H2,1-4H3,(H2,48,52)(H,51,54)/t32-,33-,37-/m0/s1. The highest BCUT2D eigenvalue weighted by Crippen LogP contribution is 2.42. The number of nitrogens with two attached hydrogens (primary N) is 3. The number of halogens is 1. The van der Waals surface area contributed by atoms with Gasteiger partial charge in [0.05, 0.1) is 23.7 Å². The molecule has 61 heavy (non-hydrogen) atoms. The van der Waals surface area contributed by atoms with Crippen LogP contribution in [0.5, 0.6) is 5.75 Å². The average Bonchev–Trinajstić information content (AvgIpc) is 3.71. The first-order chi connectivity index (χ1) is 29.2. The number of ether oxygens (including phenoxy) is 3. The number of rotatable bonds is 22. The summed E-state index contributed by atoms with van der Waals surface area (Å²) in [5.41, 5.74) is 19.5. The normalized spacial score (nSPS) is 12.5. The predicted molar refractivity (Wildman–Crippen MR) is 230 cm³/mol. The van der Waals surface area contributed by atoms with E-state index in [2.05, 4.69) is 26.2 Å². The predicted octanol–water partition coefficient (Wildman–Crippen LogP) is 6.26. The van der Waals surface area contributed by atoms with Crippen molar-refractivity contribution in [1.29, 1.82) is 5.26 Å². The molecule has 0 aliphatic heterocycles. The number of Topliss-reactive ketones (excluding diaryl/α,β-unsaturated/α-hetero) is 1. The maximum Gasteiger partial charge on any atom is 0.329 e. The van der Waals surface area contributed by atoms with E-state index in [9.17, 15) is 24.4 Å². The molecule has 16 nitrogen and oxygen atoms in total. The lowest BCUT2D eigenvalue weighted by molar-refractivity contribution is -0.166. The number of nitrogen functional groups attached to an aromatic ring is 1. The number of nitriles is 1. The molecule has 0 aliphatic carbocycles. The van der Waals surface area contributed by atoms with Gasteiger partial charge in [-0.3, -0.25) is 14.4 Å². The highest BCUT2D eigenvalue weighted by atomic mass is 35.5. The molecule has 4 aromatic rings. The monoisotopic (exact) mass is 872 g/mol. The number of nitrogens with zero attached hydrogens (tertiary/aromatic N) is 4. The van der Waals surface area contributed by atoms with Gasteiger partial charge in [-0.25, -0.2) is 19.6 Å². The molecule has 1 amide bonds. The molecule has 2 aromatic carbocycles. The fourth-order valence-electron chi connectivity index (χ4n) is 5.93. The van der Waals surface area contributed by atoms with Crippen LogP contribution in [0, 0.1) is 35.7 Å². The maximum absolute atomic E-state index is 13.4. The van der Waals surface area contributed by atoms with Gasteiger partial charge in [-0.05, 0) is 60.3 Å². The maximum atomic E-state index is 13.4. The van der Waals surface area contributed by atoms with E-state index in [-0.39, 0.29) is 85.0 Å². The van der Waals surface area contributed by atoms with Gasteiger partial charge in [0.1, 0.15) is 54.0 Å². The lowest BCUT2D eigenvalue weighted by atomic mass is 9.90. The van der Waals surface area contributed by atoms with E-state index in [1.807, 2.05) is 0 Å². The average molecular weight is 873 g/mol. The largest absolute Gasteiger partial charge is 0.490 e. The summed E-state index contributed by atoms with van der Waals surface area (Å²) in [6.07, 6.45) is 0.447. The van der Waals surface area contributed by atoms with Crippen LogP contribution in [0.4, 0.5) is 11.5 Å². The van der Waals surface area contributed by atoms with E-state index in [0.717, 1.165) is 5.56 Å². The summed E-state index contributed by atoms with van der Waals surface area (Å²) < 4.78 is 23.0. The third-order valence-electron chi connectivity index (χ3n) is 9.25. The second-order valence-electron chi connectivity index (χ2n) is 14.5. The Labute approximate surface area is 363 Å². The number of hydrogen-bond acceptors (Lipinski definition) is 15. The van der Waals surface area contributed by atoms with E-state index in [0.29, 0.717) is 32.9 Å². The number of esters is 2. The molecule has 18 heteroatoms. The van der Waals surface area contributed by atoms with Gasteiger partial charge in [0.2, 0.25) is 17.5 Å². The highest BCUT2D eigenvalue weighted by molar-refractivity contribution is 7.98. The first-order valence-electron chi connectivity index (χ1n) is 19.4. The Hall–Kier alpha value is -5.98. The Morgan fingerprint density at radius 3 is 2.23 bits per heavy atom. The fraction of sp³-hybridized carbons (Fsp3) is 0.395. The van der Waals surface area contributed by atoms with E-state index in [4.69, 9.17) is 54.0 Å². The van der Waals surface area contributed by atoms with Crippen LogP contribution in [0.25, 0.3) is 27.4 Å². The lowest BCUT2D eigenvalue weighted by Crippen LogP contribution is -2.47. The van der Waals surface area contributed by atoms with Crippen LogP contribution in [0.15, 0.2) is 64.2 Å². The van der Waals surface area contributed by atoms with Gasteiger partial charge >= 0.3 is 11.9 Å². The number of nitrogens with one attached hydrogen (secondary N) is 1. The minimum atomic E-state index is -1.14. The van der Waals surface area contributed by atoms with Crippen LogP contribution in [-0.2, 0) is 34.4 Å². The number of amides is 1. The third-order valence-corrected chi connectivity index (χ3v) is 10.5. The van der Waals surface area contributed by atoms with Crippen molar-refractivity contribution in [1.82, 2.24) is 15.3 Å². The van der Waals surface area contributed by atoms with Crippen LogP contribution < -0.4 is 27.3 Å². The minimum absolute atomic E-state index is 0.00230. The molecule has 4 rings (SSSR count). The zero-order valence-corrected chi connectivity index (χ0v) is 35.9. The molecule has 322 valence electrons. The van der Waals surface area contributed by atoms with Gasteiger partial charge in [0.25, 0.3) is 0 Å². The van der Waals surface area contributed by atoms with E-state index in [1.54, 1.807) is 76.2 Å². The molecule has 0 radical (unpaired) electrons. The fourth-order valence-corrected chi connectivity index (χ4v) is 6.93. The summed E-state index contributed by atoms with van der Waals surface area (Å²) in [6.45, 7) is 14.5. The summed E-state index contributed by atoms with van der Waals surface area (Å²) in [5, 5.41) is 13.9. The molecule has 2 heterocycles. The molecule has 3 atom stereocenters. The Kier molecular flexibility index (Phi) is 18.1. The molecule has 7 N–H and O–H groups in total. The van der Waals surface area contributed by atoms with Gasteiger partial charge in [0.15, 0.2) is 6.10 Å². The summed E-state index contributed by atoms with van der Waals surface area (Å²) in [7, 11) is 0. The molecule has 0 bridgehead atoms. The number of thioether (sulfide) groups is 1. The molecular weight excluding hydrogens is 824 g/mol. The number of hydrogen-bond donors (Lipinski definition) is 4. The second-order valence-corrected chi connectivity index (χ2v) is 15.9. The van der Waals surface area contributed by atoms with Crippen molar-refractivity contribution < 1.29 is 37.8 Å². The van der Waals surface area contributed by atoms with Crippen molar-refractivity contribution in [3.63, 3.8) is 0 Å². The van der Waals surface area contributed by atoms with E-state index >= 15 is 0 Å². The Balaban J connectivity index is 1.54. The first kappa shape index (κ1) is 47.7. The highest BCUT2D eigenvalue weighted by Gasteiger charge is 2.31. The van der Waals surface area contributed by atoms with Crippen molar-refractivity contribution >= 4 is 58.5 Å². The van der Waals surface area contributed by atoms with Crippen LogP contribution >= 0.6 is 23.4 Å². The summed E-state index contributed by atoms with van der Waals surface area (Å²) in [4.78, 5) is 63.9. The number of carbonyl (C=O) groups excluding carboxylic acids is 4. The van der Waals surface area contributed by atoms with Crippen LogP contribution in [0.2, 0.25) is 5.02 Å². The molecule has 0 saturated carbocycles. The van der Waals surface area contributed by atoms with Gasteiger partial charge in [-0.15, -0.1) is 0 Å². The van der Waals surface area contributed by atoms with E-state index in [1.165, 1.54) is 18.0 Å². The number of pyridine rings is 1. The number of anilines is 1. The van der Waals surface area contributed by atoms with Crippen molar-refractivity contribution in [2.24, 2.45) is 29.2 Å². The minimum Gasteiger partial charge on any atom is -0.490 e. The smallest absolute Gasteiger partial charge is 0.329 e. The van der Waals surface area contributed by atoms with Gasteiger partial charge in [-0.1, -0.05) is 63.2 Å². The molecule has 0 fully saturated rings. The molecule has 0 aliphatic rings.